The number of anilines is 2. The van der Waals surface area contributed by atoms with E-state index in [4.69, 9.17) is 21.1 Å². The van der Waals surface area contributed by atoms with Crippen LogP contribution in [0.3, 0.4) is 0 Å². The van der Waals surface area contributed by atoms with Crippen molar-refractivity contribution in [3.05, 3.63) is 76.9 Å². The third-order valence-corrected chi connectivity index (χ3v) is 6.60. The quantitative estimate of drug-likeness (QED) is 0.366. The monoisotopic (exact) mass is 552 g/mol. The maximum atomic E-state index is 13.2. The maximum Gasteiger partial charge on any atom is 0.339 e. The minimum Gasteiger partial charge on any atom is -0.495 e. The van der Waals surface area contributed by atoms with Gasteiger partial charge in [-0.15, -0.1) is 0 Å². The van der Waals surface area contributed by atoms with Crippen LogP contribution < -0.4 is 20.1 Å². The number of methoxy groups -OCH3 is 2. The normalized spacial score (nSPS) is 14.4. The highest BCUT2D eigenvalue weighted by atomic mass is 35.5. The lowest BCUT2D eigenvalue weighted by Crippen LogP contribution is -2.40. The molecular weight excluding hydrogens is 524 g/mol. The average molecular weight is 553 g/mol. The zero-order valence-corrected chi connectivity index (χ0v) is 22.4. The summed E-state index contributed by atoms with van der Waals surface area (Å²) in [6.07, 6.45) is 3.26. The van der Waals surface area contributed by atoms with E-state index in [1.165, 1.54) is 20.4 Å². The molecule has 11 heteroatoms. The van der Waals surface area contributed by atoms with Crippen LogP contribution in [0.4, 0.5) is 16.2 Å². The predicted molar refractivity (Wildman–Crippen MR) is 147 cm³/mol. The van der Waals surface area contributed by atoms with Crippen LogP contribution in [0.5, 0.6) is 11.6 Å². The van der Waals surface area contributed by atoms with Gasteiger partial charge in [-0.1, -0.05) is 29.8 Å². The molecule has 1 unspecified atom stereocenters. The molecule has 10 nitrogen and oxygen atoms in total. The fraction of sp³-hybridized carbons (Fsp3) is 0.286. The number of carbonyl (C=O) groups excluding carboxylic acids is 3. The number of nitrogens with zero attached hydrogens (tertiary/aromatic N) is 2. The van der Waals surface area contributed by atoms with E-state index in [9.17, 15) is 14.4 Å². The van der Waals surface area contributed by atoms with E-state index in [-0.39, 0.29) is 18.4 Å². The molecule has 204 valence electrons. The van der Waals surface area contributed by atoms with E-state index in [0.29, 0.717) is 46.7 Å². The third-order valence-electron chi connectivity index (χ3n) is 6.27. The smallest absolute Gasteiger partial charge is 0.339 e. The first-order chi connectivity index (χ1) is 18.9. The minimum absolute atomic E-state index is 0.0330. The summed E-state index contributed by atoms with van der Waals surface area (Å²) in [5.74, 6) is 0.294. The van der Waals surface area contributed by atoms with Crippen molar-refractivity contribution in [2.24, 2.45) is 0 Å². The van der Waals surface area contributed by atoms with Crippen molar-refractivity contribution in [2.45, 2.75) is 25.3 Å². The van der Waals surface area contributed by atoms with Gasteiger partial charge in [0.15, 0.2) is 0 Å². The Morgan fingerprint density at radius 1 is 1.05 bits per heavy atom. The summed E-state index contributed by atoms with van der Waals surface area (Å²) in [5.41, 5.74) is 2.02. The first-order valence-electron chi connectivity index (χ1n) is 12.3. The Morgan fingerprint density at radius 2 is 1.85 bits per heavy atom. The number of nitrogens with one attached hydrogen (secondary N) is 2. The highest BCUT2D eigenvalue weighted by Gasteiger charge is 2.29. The molecule has 4 rings (SSSR count). The number of carbonyl (C=O) groups is 3. The number of amides is 3. The van der Waals surface area contributed by atoms with Crippen molar-refractivity contribution in [3.8, 4) is 11.6 Å². The summed E-state index contributed by atoms with van der Waals surface area (Å²) < 4.78 is 15.9. The van der Waals surface area contributed by atoms with Crippen molar-refractivity contribution in [1.82, 2.24) is 9.88 Å². The van der Waals surface area contributed by atoms with Crippen molar-refractivity contribution < 1.29 is 28.6 Å². The van der Waals surface area contributed by atoms with Gasteiger partial charge in [0, 0.05) is 18.8 Å². The largest absolute Gasteiger partial charge is 0.495 e. The van der Waals surface area contributed by atoms with Gasteiger partial charge in [-0.05, 0) is 48.7 Å². The standard InChI is InChI=1S/C28H29ClN4O6/c1-37-24-14-18(9-11-23(24)32-28(36)31-22-8-4-3-7-21(22)29)15-26(34)33-13-5-6-20(33)17-39-25-12-10-19(16-30-25)27(35)38-2/h3-4,7-12,14,16,20H,5-6,13,15,17H2,1-2H3,(H2,31,32,36). The summed E-state index contributed by atoms with van der Waals surface area (Å²) in [6.45, 7) is 0.934. The van der Waals surface area contributed by atoms with Crippen molar-refractivity contribution in [2.75, 3.05) is 38.0 Å². The Morgan fingerprint density at radius 3 is 2.56 bits per heavy atom. The van der Waals surface area contributed by atoms with Gasteiger partial charge in [-0.3, -0.25) is 4.79 Å². The number of halogens is 1. The van der Waals surface area contributed by atoms with E-state index in [1.807, 2.05) is 4.90 Å². The van der Waals surface area contributed by atoms with Gasteiger partial charge in [-0.2, -0.15) is 0 Å². The molecule has 1 fully saturated rings. The second-order valence-corrected chi connectivity index (χ2v) is 9.25. The van der Waals surface area contributed by atoms with E-state index in [0.717, 1.165) is 18.4 Å². The Bertz CT molecular complexity index is 1330. The number of likely N-dealkylation sites (tertiary alicyclic amines) is 1. The molecule has 1 aromatic heterocycles. The average Bonchev–Trinajstić information content (AvgIpc) is 3.43. The number of hydrogen-bond donors (Lipinski definition) is 2. The lowest BCUT2D eigenvalue weighted by molar-refractivity contribution is -0.131. The van der Waals surface area contributed by atoms with E-state index >= 15 is 0 Å². The molecule has 1 aliphatic heterocycles. The fourth-order valence-corrected chi connectivity index (χ4v) is 4.47. The number of urea groups is 1. The molecule has 0 saturated carbocycles. The zero-order valence-electron chi connectivity index (χ0n) is 21.6. The summed E-state index contributed by atoms with van der Waals surface area (Å²) in [5, 5.41) is 5.87. The maximum absolute atomic E-state index is 13.2. The highest BCUT2D eigenvalue weighted by Crippen LogP contribution is 2.28. The van der Waals surface area contributed by atoms with Crippen molar-refractivity contribution in [3.63, 3.8) is 0 Å². The molecular formula is C28H29ClN4O6. The number of esters is 1. The second kappa shape index (κ2) is 13.0. The number of hydrogen-bond acceptors (Lipinski definition) is 7. The number of pyridine rings is 1. The first kappa shape index (κ1) is 27.7. The van der Waals surface area contributed by atoms with Crippen LogP contribution in [0.1, 0.15) is 28.8 Å². The van der Waals surface area contributed by atoms with Crippen LogP contribution in [0.2, 0.25) is 5.02 Å². The van der Waals surface area contributed by atoms with Crippen LogP contribution in [-0.4, -0.2) is 61.2 Å². The van der Waals surface area contributed by atoms with Gasteiger partial charge in [0.05, 0.1) is 48.6 Å². The van der Waals surface area contributed by atoms with Crippen molar-refractivity contribution >= 4 is 40.9 Å². The number of para-hydroxylation sites is 1. The van der Waals surface area contributed by atoms with Gasteiger partial charge in [0.1, 0.15) is 12.4 Å². The molecule has 0 aliphatic carbocycles. The predicted octanol–water partition coefficient (Wildman–Crippen LogP) is 4.79. The zero-order chi connectivity index (χ0) is 27.8. The number of rotatable bonds is 9. The summed E-state index contributed by atoms with van der Waals surface area (Å²) >= 11 is 6.11. The Labute approximate surface area is 231 Å². The van der Waals surface area contributed by atoms with Crippen LogP contribution in [0, 0.1) is 0 Å². The molecule has 3 amide bonds. The lowest BCUT2D eigenvalue weighted by atomic mass is 10.1. The van der Waals surface area contributed by atoms with Crippen LogP contribution >= 0.6 is 11.6 Å². The molecule has 1 aliphatic rings. The van der Waals surface area contributed by atoms with Gasteiger partial charge >= 0.3 is 12.0 Å². The fourth-order valence-electron chi connectivity index (χ4n) is 4.29. The van der Waals surface area contributed by atoms with Crippen LogP contribution in [0.15, 0.2) is 60.8 Å². The Hall–Kier alpha value is -4.31. The number of aromatic nitrogens is 1. The van der Waals surface area contributed by atoms with Gasteiger partial charge in [-0.25, -0.2) is 14.6 Å². The van der Waals surface area contributed by atoms with E-state index in [1.54, 1.807) is 54.6 Å². The van der Waals surface area contributed by atoms with Crippen LogP contribution in [0.25, 0.3) is 0 Å². The molecule has 0 radical (unpaired) electrons. The minimum atomic E-state index is -0.473. The van der Waals surface area contributed by atoms with Crippen LogP contribution in [-0.2, 0) is 16.0 Å². The summed E-state index contributed by atoms with van der Waals surface area (Å²) in [6, 6.07) is 14.8. The number of ether oxygens (including phenoxy) is 3. The molecule has 2 aromatic carbocycles. The van der Waals surface area contributed by atoms with Gasteiger partial charge in [0.2, 0.25) is 11.8 Å². The van der Waals surface area contributed by atoms with Crippen molar-refractivity contribution in [1.29, 1.82) is 0 Å². The lowest BCUT2D eigenvalue weighted by Gasteiger charge is -2.25. The highest BCUT2D eigenvalue weighted by molar-refractivity contribution is 6.33. The molecule has 39 heavy (non-hydrogen) atoms. The van der Waals surface area contributed by atoms with E-state index in [2.05, 4.69) is 20.4 Å². The number of benzene rings is 2. The molecule has 1 saturated heterocycles. The van der Waals surface area contributed by atoms with Gasteiger partial charge < -0.3 is 29.7 Å². The molecule has 3 aromatic rings. The first-order valence-corrected chi connectivity index (χ1v) is 12.7. The molecule has 2 heterocycles. The molecule has 1 atom stereocenters. The van der Waals surface area contributed by atoms with Gasteiger partial charge in [0.25, 0.3) is 0 Å². The topological polar surface area (TPSA) is 119 Å². The Balaban J connectivity index is 1.34. The second-order valence-electron chi connectivity index (χ2n) is 8.84. The molecule has 2 N–H and O–H groups in total. The Kier molecular flexibility index (Phi) is 9.22. The van der Waals surface area contributed by atoms with E-state index < -0.39 is 12.0 Å². The SMILES string of the molecule is COC(=O)c1ccc(OCC2CCCN2C(=O)Cc2ccc(NC(=O)Nc3ccccc3Cl)c(OC)c2)nc1. The third kappa shape index (κ3) is 7.17. The summed E-state index contributed by atoms with van der Waals surface area (Å²) in [4.78, 5) is 43.1. The molecule has 0 spiro atoms. The summed E-state index contributed by atoms with van der Waals surface area (Å²) in [7, 11) is 2.81. The molecule has 0 bridgehead atoms.